The molecular formula is C15H22N4. The van der Waals surface area contributed by atoms with Crippen LogP contribution in [0, 0.1) is 12.3 Å². The number of hydrogen-bond acceptors (Lipinski definition) is 3. The second-order valence-electron chi connectivity index (χ2n) is 5.72. The molecule has 1 saturated heterocycles. The Morgan fingerprint density at radius 2 is 2.11 bits per heavy atom. The standard InChI is InChI=1S/C15H22N4/c1-2-9-18-10-6-7-13(12-18)15-17-16-14-8-4-3-5-11-19(14)15/h1,13H,3-12H2. The Labute approximate surface area is 115 Å². The molecule has 2 aliphatic rings. The number of likely N-dealkylation sites (tertiary alicyclic amines) is 1. The third-order valence-electron chi connectivity index (χ3n) is 4.32. The van der Waals surface area contributed by atoms with Crippen LogP contribution in [-0.2, 0) is 13.0 Å². The van der Waals surface area contributed by atoms with E-state index in [0.717, 1.165) is 32.6 Å². The molecule has 0 radical (unpaired) electrons. The Morgan fingerprint density at radius 3 is 3.00 bits per heavy atom. The van der Waals surface area contributed by atoms with Gasteiger partial charge in [0.15, 0.2) is 0 Å². The molecule has 4 heteroatoms. The van der Waals surface area contributed by atoms with Crippen molar-refractivity contribution >= 4 is 0 Å². The van der Waals surface area contributed by atoms with Crippen LogP contribution >= 0.6 is 0 Å². The fourth-order valence-electron chi connectivity index (χ4n) is 3.35. The molecule has 0 amide bonds. The first-order valence-electron chi connectivity index (χ1n) is 7.46. The van der Waals surface area contributed by atoms with E-state index in [1.54, 1.807) is 0 Å². The van der Waals surface area contributed by atoms with E-state index < -0.39 is 0 Å². The lowest BCUT2D eigenvalue weighted by Crippen LogP contribution is -2.35. The second-order valence-corrected chi connectivity index (χ2v) is 5.72. The Morgan fingerprint density at radius 1 is 1.16 bits per heavy atom. The Bertz CT molecular complexity index is 471. The lowest BCUT2D eigenvalue weighted by Gasteiger charge is -2.31. The van der Waals surface area contributed by atoms with Crippen molar-refractivity contribution in [2.24, 2.45) is 0 Å². The minimum Gasteiger partial charge on any atom is -0.315 e. The van der Waals surface area contributed by atoms with Crippen molar-refractivity contribution in [2.45, 2.75) is 51.0 Å². The monoisotopic (exact) mass is 258 g/mol. The normalized spacial score (nSPS) is 24.5. The predicted molar refractivity (Wildman–Crippen MR) is 74.8 cm³/mol. The van der Waals surface area contributed by atoms with Gasteiger partial charge in [-0.15, -0.1) is 16.6 Å². The lowest BCUT2D eigenvalue weighted by atomic mass is 9.97. The largest absolute Gasteiger partial charge is 0.315 e. The summed E-state index contributed by atoms with van der Waals surface area (Å²) in [7, 11) is 0. The second kappa shape index (κ2) is 5.75. The van der Waals surface area contributed by atoms with Crippen LogP contribution in [0.2, 0.25) is 0 Å². The first-order chi connectivity index (χ1) is 9.38. The fraction of sp³-hybridized carbons (Fsp3) is 0.733. The number of piperidine rings is 1. The minimum atomic E-state index is 0.515. The smallest absolute Gasteiger partial charge is 0.137 e. The van der Waals surface area contributed by atoms with Gasteiger partial charge in [0.05, 0.1) is 6.54 Å². The first-order valence-corrected chi connectivity index (χ1v) is 7.46. The van der Waals surface area contributed by atoms with E-state index in [2.05, 4.69) is 25.6 Å². The van der Waals surface area contributed by atoms with Crippen molar-refractivity contribution in [1.29, 1.82) is 0 Å². The average Bonchev–Trinajstić information content (AvgIpc) is 2.69. The summed E-state index contributed by atoms with van der Waals surface area (Å²) in [6.45, 7) is 4.03. The zero-order valence-corrected chi connectivity index (χ0v) is 11.5. The number of hydrogen-bond donors (Lipinski definition) is 0. The molecule has 0 aromatic carbocycles. The van der Waals surface area contributed by atoms with Crippen molar-refractivity contribution in [3.8, 4) is 12.3 Å². The van der Waals surface area contributed by atoms with Gasteiger partial charge in [0.2, 0.25) is 0 Å². The highest BCUT2D eigenvalue weighted by Crippen LogP contribution is 2.27. The highest BCUT2D eigenvalue weighted by molar-refractivity contribution is 5.06. The van der Waals surface area contributed by atoms with Gasteiger partial charge in [0.25, 0.3) is 0 Å². The third-order valence-corrected chi connectivity index (χ3v) is 4.32. The molecule has 2 aliphatic heterocycles. The molecular weight excluding hydrogens is 236 g/mol. The molecule has 0 saturated carbocycles. The Kier molecular flexibility index (Phi) is 3.84. The van der Waals surface area contributed by atoms with Crippen molar-refractivity contribution in [1.82, 2.24) is 19.7 Å². The van der Waals surface area contributed by atoms with Gasteiger partial charge in [-0.3, -0.25) is 4.90 Å². The van der Waals surface area contributed by atoms with Gasteiger partial charge in [-0.05, 0) is 32.2 Å². The number of fused-ring (bicyclic) bond motifs is 1. The molecule has 0 aliphatic carbocycles. The van der Waals surface area contributed by atoms with Crippen LogP contribution in [0.25, 0.3) is 0 Å². The highest BCUT2D eigenvalue weighted by Gasteiger charge is 2.26. The van der Waals surface area contributed by atoms with Gasteiger partial charge >= 0.3 is 0 Å². The molecule has 0 bridgehead atoms. The molecule has 3 rings (SSSR count). The van der Waals surface area contributed by atoms with Crippen molar-refractivity contribution in [2.75, 3.05) is 19.6 Å². The summed E-state index contributed by atoms with van der Waals surface area (Å²) in [6, 6.07) is 0. The summed E-state index contributed by atoms with van der Waals surface area (Å²) in [5.74, 6) is 5.68. The molecule has 0 spiro atoms. The van der Waals surface area contributed by atoms with E-state index in [-0.39, 0.29) is 0 Å². The molecule has 19 heavy (non-hydrogen) atoms. The Hall–Kier alpha value is -1.34. The van der Waals surface area contributed by atoms with E-state index in [1.165, 1.54) is 43.8 Å². The number of terminal acetylenes is 1. The fourth-order valence-corrected chi connectivity index (χ4v) is 3.35. The van der Waals surface area contributed by atoms with Crippen molar-refractivity contribution < 1.29 is 0 Å². The third kappa shape index (κ3) is 2.66. The summed E-state index contributed by atoms with van der Waals surface area (Å²) in [5.41, 5.74) is 0. The molecule has 1 unspecified atom stereocenters. The number of nitrogens with zero attached hydrogens (tertiary/aromatic N) is 4. The maximum atomic E-state index is 5.43. The van der Waals surface area contributed by atoms with Gasteiger partial charge in [-0.25, -0.2) is 0 Å². The maximum absolute atomic E-state index is 5.43. The summed E-state index contributed by atoms with van der Waals surface area (Å²) in [4.78, 5) is 2.37. The molecule has 3 heterocycles. The molecule has 0 N–H and O–H groups in total. The van der Waals surface area contributed by atoms with Crippen molar-refractivity contribution in [3.63, 3.8) is 0 Å². The molecule has 1 fully saturated rings. The van der Waals surface area contributed by atoms with Crippen LogP contribution in [0.1, 0.15) is 49.7 Å². The highest BCUT2D eigenvalue weighted by atomic mass is 15.3. The number of aryl methyl sites for hydroxylation is 1. The molecule has 4 nitrogen and oxygen atoms in total. The summed E-state index contributed by atoms with van der Waals surface area (Å²) in [5, 5.41) is 8.91. The lowest BCUT2D eigenvalue weighted by molar-refractivity contribution is 0.224. The quantitative estimate of drug-likeness (QED) is 0.759. The van der Waals surface area contributed by atoms with Gasteiger partial charge in [0, 0.05) is 25.4 Å². The van der Waals surface area contributed by atoms with Crippen LogP contribution in [0.3, 0.4) is 0 Å². The Balaban J connectivity index is 1.78. The molecule has 102 valence electrons. The SMILES string of the molecule is C#CCN1CCCC(c2nnc3n2CCCCC3)C1. The zero-order valence-electron chi connectivity index (χ0n) is 11.5. The van der Waals surface area contributed by atoms with Crippen LogP contribution in [0.5, 0.6) is 0 Å². The van der Waals surface area contributed by atoms with Crippen LogP contribution in [0.4, 0.5) is 0 Å². The van der Waals surface area contributed by atoms with Crippen LogP contribution < -0.4 is 0 Å². The number of rotatable bonds is 2. The van der Waals surface area contributed by atoms with E-state index in [4.69, 9.17) is 6.42 Å². The van der Waals surface area contributed by atoms with E-state index >= 15 is 0 Å². The van der Waals surface area contributed by atoms with Gasteiger partial charge in [0.1, 0.15) is 11.6 Å². The van der Waals surface area contributed by atoms with Gasteiger partial charge in [-0.1, -0.05) is 12.3 Å². The number of aromatic nitrogens is 3. The first kappa shape index (κ1) is 12.7. The van der Waals surface area contributed by atoms with Crippen LogP contribution in [0.15, 0.2) is 0 Å². The molecule has 1 aromatic rings. The summed E-state index contributed by atoms with van der Waals surface area (Å²) < 4.78 is 2.39. The zero-order chi connectivity index (χ0) is 13.1. The van der Waals surface area contributed by atoms with E-state index in [9.17, 15) is 0 Å². The van der Waals surface area contributed by atoms with Crippen molar-refractivity contribution in [3.05, 3.63) is 11.6 Å². The maximum Gasteiger partial charge on any atom is 0.137 e. The van der Waals surface area contributed by atoms with Gasteiger partial charge < -0.3 is 4.57 Å². The summed E-state index contributed by atoms with van der Waals surface area (Å²) in [6.07, 6.45) is 12.8. The molecule has 1 atom stereocenters. The molecule has 1 aromatic heterocycles. The average molecular weight is 258 g/mol. The minimum absolute atomic E-state index is 0.515. The van der Waals surface area contributed by atoms with Crippen LogP contribution in [-0.4, -0.2) is 39.3 Å². The van der Waals surface area contributed by atoms with E-state index in [0.29, 0.717) is 5.92 Å². The predicted octanol–water partition coefficient (Wildman–Crippen LogP) is 1.82. The topological polar surface area (TPSA) is 34.0 Å². The van der Waals surface area contributed by atoms with E-state index in [1.807, 2.05) is 0 Å². The summed E-state index contributed by atoms with van der Waals surface area (Å²) >= 11 is 0. The van der Waals surface area contributed by atoms with Gasteiger partial charge in [-0.2, -0.15) is 0 Å².